The summed E-state index contributed by atoms with van der Waals surface area (Å²) in [4.78, 5) is 3.89. The van der Waals surface area contributed by atoms with Crippen molar-refractivity contribution in [3.8, 4) is 5.82 Å². The Morgan fingerprint density at radius 2 is 2.11 bits per heavy atom. The predicted octanol–water partition coefficient (Wildman–Crippen LogP) is 2.46. The third kappa shape index (κ3) is 1.83. The van der Waals surface area contributed by atoms with Crippen molar-refractivity contribution in [2.75, 3.05) is 12.4 Å². The molecule has 0 amide bonds. The molecule has 0 aromatic carbocycles. The maximum Gasteiger partial charge on any atom is 0.191 e. The molecule has 0 unspecified atom stereocenters. The first-order valence-corrected chi connectivity index (χ1v) is 5.79. The van der Waals surface area contributed by atoms with E-state index in [1.54, 1.807) is 6.20 Å². The van der Waals surface area contributed by atoms with Gasteiger partial charge in [0.2, 0.25) is 0 Å². The van der Waals surface area contributed by atoms with Gasteiger partial charge in [0.25, 0.3) is 0 Å². The van der Waals surface area contributed by atoms with Gasteiger partial charge in [-0.2, -0.15) is 5.10 Å². The van der Waals surface area contributed by atoms with Gasteiger partial charge in [-0.1, -0.05) is 0 Å². The summed E-state index contributed by atoms with van der Waals surface area (Å²) in [6, 6.07) is 2.66. The first-order valence-electron chi connectivity index (χ1n) is 5.79. The fourth-order valence-electron chi connectivity index (χ4n) is 1.85. The second-order valence-corrected chi connectivity index (χ2v) is 4.33. The molecule has 0 saturated heterocycles. The summed E-state index contributed by atoms with van der Waals surface area (Å²) in [6.07, 6.45) is 3.90. The molecule has 2 aromatic rings. The molecule has 94 valence electrons. The van der Waals surface area contributed by atoms with Gasteiger partial charge in [0.15, 0.2) is 23.3 Å². The van der Waals surface area contributed by atoms with Crippen LogP contribution >= 0.6 is 0 Å². The van der Waals surface area contributed by atoms with Gasteiger partial charge in [-0.25, -0.2) is 18.4 Å². The number of pyridine rings is 1. The first-order chi connectivity index (χ1) is 8.69. The lowest BCUT2D eigenvalue weighted by Gasteiger charge is -2.06. The van der Waals surface area contributed by atoms with E-state index in [-0.39, 0.29) is 11.6 Å². The Morgan fingerprint density at radius 3 is 2.78 bits per heavy atom. The van der Waals surface area contributed by atoms with Gasteiger partial charge in [0.05, 0.1) is 5.69 Å². The van der Waals surface area contributed by atoms with Crippen LogP contribution < -0.4 is 5.32 Å². The van der Waals surface area contributed by atoms with Gasteiger partial charge in [-0.15, -0.1) is 0 Å². The third-order valence-electron chi connectivity index (χ3n) is 2.97. The van der Waals surface area contributed by atoms with Crippen LogP contribution in [0.1, 0.15) is 24.5 Å². The van der Waals surface area contributed by atoms with Gasteiger partial charge in [0.1, 0.15) is 0 Å². The van der Waals surface area contributed by atoms with E-state index < -0.39 is 11.6 Å². The fraction of sp³-hybridized carbons (Fsp3) is 0.333. The van der Waals surface area contributed by atoms with E-state index in [2.05, 4.69) is 15.4 Å². The second kappa shape index (κ2) is 4.04. The summed E-state index contributed by atoms with van der Waals surface area (Å²) in [5.74, 6) is -0.939. The van der Waals surface area contributed by atoms with Crippen LogP contribution in [0.3, 0.4) is 0 Å². The molecule has 18 heavy (non-hydrogen) atoms. The second-order valence-electron chi connectivity index (χ2n) is 4.33. The summed E-state index contributed by atoms with van der Waals surface area (Å²) in [7, 11) is 1.53. The van der Waals surface area contributed by atoms with Gasteiger partial charge in [0, 0.05) is 25.2 Å². The van der Waals surface area contributed by atoms with Crippen molar-refractivity contribution in [3.05, 3.63) is 35.7 Å². The Hall–Kier alpha value is -1.98. The summed E-state index contributed by atoms with van der Waals surface area (Å²) in [5, 5.41) is 6.85. The Balaban J connectivity index is 2.03. The van der Waals surface area contributed by atoms with Gasteiger partial charge in [-0.05, 0) is 18.9 Å². The van der Waals surface area contributed by atoms with Gasteiger partial charge >= 0.3 is 0 Å². The van der Waals surface area contributed by atoms with Crippen molar-refractivity contribution in [2.24, 2.45) is 0 Å². The van der Waals surface area contributed by atoms with E-state index >= 15 is 0 Å². The predicted molar refractivity (Wildman–Crippen MR) is 62.8 cm³/mol. The molecule has 0 atom stereocenters. The zero-order valence-electron chi connectivity index (χ0n) is 9.82. The monoisotopic (exact) mass is 250 g/mol. The maximum atomic E-state index is 13.7. The quantitative estimate of drug-likeness (QED) is 0.910. The lowest BCUT2D eigenvalue weighted by Crippen LogP contribution is -2.07. The normalized spacial score (nSPS) is 14.8. The number of nitrogens with one attached hydrogen (secondary N) is 1. The highest BCUT2D eigenvalue weighted by Crippen LogP contribution is 2.39. The van der Waals surface area contributed by atoms with Crippen LogP contribution in [0.15, 0.2) is 18.3 Å². The highest BCUT2D eigenvalue weighted by molar-refractivity contribution is 5.41. The van der Waals surface area contributed by atoms with E-state index in [0.29, 0.717) is 5.92 Å². The molecule has 1 N–H and O–H groups in total. The molecule has 2 heterocycles. The van der Waals surface area contributed by atoms with E-state index in [1.165, 1.54) is 11.7 Å². The molecule has 0 bridgehead atoms. The van der Waals surface area contributed by atoms with Crippen molar-refractivity contribution in [3.63, 3.8) is 0 Å². The Labute approximate surface area is 103 Å². The first kappa shape index (κ1) is 11.1. The lowest BCUT2D eigenvalue weighted by molar-refractivity contribution is 0.563. The standard InChI is InChI=1S/C12H12F2N4/c1-15-11-8(13)6-9(14)12(16-11)18-5-4-10(17-18)7-2-3-7/h4-7H,2-3H2,1H3,(H,15,16). The van der Waals surface area contributed by atoms with Crippen LogP contribution in [-0.2, 0) is 0 Å². The zero-order valence-corrected chi connectivity index (χ0v) is 9.82. The molecule has 2 aromatic heterocycles. The van der Waals surface area contributed by atoms with Crippen molar-refractivity contribution in [1.29, 1.82) is 0 Å². The van der Waals surface area contributed by atoms with Crippen LogP contribution in [0.2, 0.25) is 0 Å². The zero-order chi connectivity index (χ0) is 12.7. The molecule has 1 aliphatic rings. The summed E-state index contributed by atoms with van der Waals surface area (Å²) < 4.78 is 28.3. The molecule has 3 rings (SSSR count). The summed E-state index contributed by atoms with van der Waals surface area (Å²) in [6.45, 7) is 0. The highest BCUT2D eigenvalue weighted by Gasteiger charge is 2.26. The van der Waals surface area contributed by atoms with Gasteiger partial charge < -0.3 is 5.32 Å². The number of anilines is 1. The topological polar surface area (TPSA) is 42.7 Å². The number of halogens is 2. The van der Waals surface area contributed by atoms with Crippen molar-refractivity contribution in [1.82, 2.24) is 14.8 Å². The average molecular weight is 250 g/mol. The molecular formula is C12H12F2N4. The SMILES string of the molecule is CNc1nc(-n2ccc(C3CC3)n2)c(F)cc1F. The van der Waals surface area contributed by atoms with E-state index in [4.69, 9.17) is 0 Å². The maximum absolute atomic E-state index is 13.7. The molecule has 6 heteroatoms. The molecule has 4 nitrogen and oxygen atoms in total. The molecular weight excluding hydrogens is 238 g/mol. The molecule has 1 aliphatic carbocycles. The Bertz CT molecular complexity index is 590. The van der Waals surface area contributed by atoms with Crippen LogP contribution in [0.4, 0.5) is 14.6 Å². The van der Waals surface area contributed by atoms with E-state index in [0.717, 1.165) is 24.6 Å². The molecule has 0 aliphatic heterocycles. The molecule has 0 spiro atoms. The number of hydrogen-bond acceptors (Lipinski definition) is 3. The smallest absolute Gasteiger partial charge is 0.191 e. The summed E-state index contributed by atoms with van der Waals surface area (Å²) in [5.41, 5.74) is 0.937. The minimum Gasteiger partial charge on any atom is -0.371 e. The van der Waals surface area contributed by atoms with Crippen LogP contribution in [0.5, 0.6) is 0 Å². The number of rotatable bonds is 3. The Kier molecular flexibility index (Phi) is 2.50. The van der Waals surface area contributed by atoms with Crippen molar-refractivity contribution < 1.29 is 8.78 Å². The van der Waals surface area contributed by atoms with Crippen molar-refractivity contribution in [2.45, 2.75) is 18.8 Å². The minimum atomic E-state index is -0.725. The number of hydrogen-bond donors (Lipinski definition) is 1. The fourth-order valence-corrected chi connectivity index (χ4v) is 1.85. The number of nitrogens with zero attached hydrogens (tertiary/aromatic N) is 3. The lowest BCUT2D eigenvalue weighted by atomic mass is 10.3. The van der Waals surface area contributed by atoms with Gasteiger partial charge in [-0.3, -0.25) is 0 Å². The third-order valence-corrected chi connectivity index (χ3v) is 2.97. The van der Waals surface area contributed by atoms with Crippen LogP contribution in [-0.4, -0.2) is 21.8 Å². The van der Waals surface area contributed by atoms with Crippen molar-refractivity contribution >= 4 is 5.82 Å². The molecule has 1 saturated carbocycles. The van der Waals surface area contributed by atoms with Crippen LogP contribution in [0, 0.1) is 11.6 Å². The summed E-state index contributed by atoms with van der Waals surface area (Å²) >= 11 is 0. The van der Waals surface area contributed by atoms with E-state index in [9.17, 15) is 8.78 Å². The largest absolute Gasteiger partial charge is 0.371 e. The van der Waals surface area contributed by atoms with Crippen LogP contribution in [0.25, 0.3) is 5.82 Å². The molecule has 0 radical (unpaired) electrons. The Morgan fingerprint density at radius 1 is 1.33 bits per heavy atom. The minimum absolute atomic E-state index is 0.00708. The number of aromatic nitrogens is 3. The molecule has 1 fully saturated rings. The average Bonchev–Trinajstić information content (AvgIpc) is 3.09. The van der Waals surface area contributed by atoms with E-state index in [1.807, 2.05) is 6.07 Å². The highest BCUT2D eigenvalue weighted by atomic mass is 19.1.